The molecule has 23 heavy (non-hydrogen) atoms. The second kappa shape index (κ2) is 8.37. The Balaban J connectivity index is 2.09. The first-order valence-corrected chi connectivity index (χ1v) is 7.05. The molecule has 116 valence electrons. The van der Waals surface area contributed by atoms with Crippen LogP contribution in [0.4, 0.5) is 5.69 Å². The number of aliphatic hydroxyl groups excluding tert-OH is 1. The van der Waals surface area contributed by atoms with E-state index in [0.29, 0.717) is 17.0 Å². The lowest BCUT2D eigenvalue weighted by molar-refractivity contribution is -0.112. The van der Waals surface area contributed by atoms with Crippen LogP contribution in [0.5, 0.6) is 5.75 Å². The number of aliphatic hydroxyl groups is 1. The van der Waals surface area contributed by atoms with Gasteiger partial charge in [-0.2, -0.15) is 5.26 Å². The molecule has 0 atom stereocenters. The Morgan fingerprint density at radius 1 is 1.17 bits per heavy atom. The Morgan fingerprint density at radius 2 is 1.87 bits per heavy atom. The summed E-state index contributed by atoms with van der Waals surface area (Å²) in [5.74, 6) is 0.155. The predicted molar refractivity (Wildman–Crippen MR) is 87.7 cm³/mol. The maximum absolute atomic E-state index is 12.1. The topological polar surface area (TPSA) is 82.3 Å². The molecule has 0 aliphatic rings. The molecule has 0 unspecified atom stereocenters. The van der Waals surface area contributed by atoms with Crippen LogP contribution in [0.2, 0.25) is 0 Å². The van der Waals surface area contributed by atoms with E-state index < -0.39 is 5.91 Å². The molecule has 5 nitrogen and oxygen atoms in total. The third-order valence-electron chi connectivity index (χ3n) is 2.95. The van der Waals surface area contributed by atoms with E-state index in [4.69, 9.17) is 9.84 Å². The Kier molecular flexibility index (Phi) is 5.92. The van der Waals surface area contributed by atoms with Gasteiger partial charge in [0.2, 0.25) is 0 Å². The molecule has 0 heterocycles. The number of hydrogen-bond acceptors (Lipinski definition) is 4. The van der Waals surface area contributed by atoms with Gasteiger partial charge in [0.25, 0.3) is 5.91 Å². The minimum Gasteiger partial charge on any atom is -0.491 e. The Hall–Kier alpha value is -3.10. The van der Waals surface area contributed by atoms with Crippen LogP contribution in [0.15, 0.2) is 60.2 Å². The summed E-state index contributed by atoms with van der Waals surface area (Å²) < 4.78 is 5.25. The van der Waals surface area contributed by atoms with Crippen molar-refractivity contribution in [3.8, 4) is 11.8 Å². The quantitative estimate of drug-likeness (QED) is 0.635. The molecule has 0 aliphatic carbocycles. The number of rotatable bonds is 6. The fourth-order valence-electron chi connectivity index (χ4n) is 1.86. The van der Waals surface area contributed by atoms with Gasteiger partial charge in [-0.15, -0.1) is 0 Å². The van der Waals surface area contributed by atoms with E-state index in [1.807, 2.05) is 12.1 Å². The van der Waals surface area contributed by atoms with Crippen LogP contribution < -0.4 is 10.1 Å². The molecule has 2 rings (SSSR count). The van der Waals surface area contributed by atoms with Crippen LogP contribution in [0, 0.1) is 11.3 Å². The zero-order valence-electron chi connectivity index (χ0n) is 12.4. The van der Waals surface area contributed by atoms with Crippen molar-refractivity contribution in [1.29, 1.82) is 5.26 Å². The van der Waals surface area contributed by atoms with Gasteiger partial charge in [-0.3, -0.25) is 4.79 Å². The third-order valence-corrected chi connectivity index (χ3v) is 2.95. The molecule has 1 amide bonds. The van der Waals surface area contributed by atoms with Gasteiger partial charge in [-0.05, 0) is 35.9 Å². The third kappa shape index (κ3) is 4.99. The smallest absolute Gasteiger partial charge is 0.266 e. The number of nitrogens with one attached hydrogen (secondary N) is 1. The fourth-order valence-corrected chi connectivity index (χ4v) is 1.86. The summed E-state index contributed by atoms with van der Waals surface area (Å²) in [6.07, 6.45) is 1.51. The summed E-state index contributed by atoms with van der Waals surface area (Å²) in [7, 11) is 0. The van der Waals surface area contributed by atoms with E-state index in [0.717, 1.165) is 0 Å². The first-order valence-electron chi connectivity index (χ1n) is 7.05. The summed E-state index contributed by atoms with van der Waals surface area (Å²) in [5, 5.41) is 20.5. The van der Waals surface area contributed by atoms with Crippen LogP contribution in [0.3, 0.4) is 0 Å². The molecule has 2 aromatic carbocycles. The van der Waals surface area contributed by atoms with Gasteiger partial charge in [0.05, 0.1) is 6.61 Å². The highest BCUT2D eigenvalue weighted by atomic mass is 16.5. The molecule has 0 aliphatic heterocycles. The van der Waals surface area contributed by atoms with Crippen LogP contribution >= 0.6 is 0 Å². The zero-order chi connectivity index (χ0) is 16.5. The number of amides is 1. The SMILES string of the molecule is N#CC(=Cc1ccc(OCCO)cc1)C(=O)Nc1ccccc1. The van der Waals surface area contributed by atoms with Gasteiger partial charge in [0, 0.05) is 5.69 Å². The minimum atomic E-state index is -0.459. The van der Waals surface area contributed by atoms with Crippen molar-refractivity contribution in [1.82, 2.24) is 0 Å². The predicted octanol–water partition coefficient (Wildman–Crippen LogP) is 2.60. The van der Waals surface area contributed by atoms with E-state index in [9.17, 15) is 10.1 Å². The molecule has 0 bridgehead atoms. The lowest BCUT2D eigenvalue weighted by Gasteiger charge is -2.05. The van der Waals surface area contributed by atoms with E-state index >= 15 is 0 Å². The van der Waals surface area contributed by atoms with Crippen molar-refractivity contribution in [2.75, 3.05) is 18.5 Å². The first kappa shape index (κ1) is 16.3. The highest BCUT2D eigenvalue weighted by Gasteiger charge is 2.09. The van der Waals surface area contributed by atoms with Crippen LogP contribution in [-0.2, 0) is 4.79 Å². The van der Waals surface area contributed by atoms with Gasteiger partial charge in [0.1, 0.15) is 24.0 Å². The normalized spacial score (nSPS) is 10.7. The number of benzene rings is 2. The molecule has 0 saturated carbocycles. The molecule has 0 radical (unpaired) electrons. The van der Waals surface area contributed by atoms with Gasteiger partial charge >= 0.3 is 0 Å². The van der Waals surface area contributed by atoms with E-state index in [2.05, 4.69) is 5.32 Å². The number of nitriles is 1. The van der Waals surface area contributed by atoms with Crippen LogP contribution in [0.25, 0.3) is 6.08 Å². The first-order chi connectivity index (χ1) is 11.2. The molecule has 0 spiro atoms. The maximum atomic E-state index is 12.1. The number of carbonyl (C=O) groups excluding carboxylic acids is 1. The van der Waals surface area contributed by atoms with Gasteiger partial charge in [-0.1, -0.05) is 30.3 Å². The molecule has 2 N–H and O–H groups in total. The number of para-hydroxylation sites is 1. The zero-order valence-corrected chi connectivity index (χ0v) is 12.4. The largest absolute Gasteiger partial charge is 0.491 e. The summed E-state index contributed by atoms with van der Waals surface area (Å²) >= 11 is 0. The van der Waals surface area contributed by atoms with Crippen molar-refractivity contribution < 1.29 is 14.6 Å². The van der Waals surface area contributed by atoms with Crippen molar-refractivity contribution in [2.45, 2.75) is 0 Å². The van der Waals surface area contributed by atoms with Crippen molar-refractivity contribution in [3.05, 3.63) is 65.7 Å². The molecular weight excluding hydrogens is 292 g/mol. The molecule has 5 heteroatoms. The second-order valence-electron chi connectivity index (χ2n) is 4.63. The van der Waals surface area contributed by atoms with E-state index in [1.165, 1.54) is 6.08 Å². The maximum Gasteiger partial charge on any atom is 0.266 e. The monoisotopic (exact) mass is 308 g/mol. The number of ether oxygens (including phenoxy) is 1. The Bertz CT molecular complexity index is 716. The van der Waals surface area contributed by atoms with Crippen LogP contribution in [-0.4, -0.2) is 24.2 Å². The van der Waals surface area contributed by atoms with Gasteiger partial charge in [0.15, 0.2) is 0 Å². The van der Waals surface area contributed by atoms with Crippen molar-refractivity contribution in [2.24, 2.45) is 0 Å². The molecule has 0 fully saturated rings. The molecule has 0 aromatic heterocycles. The summed E-state index contributed by atoms with van der Waals surface area (Å²) in [6.45, 7) is 0.165. The van der Waals surface area contributed by atoms with E-state index in [1.54, 1.807) is 48.5 Å². The standard InChI is InChI=1S/C18H16N2O3/c19-13-15(18(22)20-16-4-2-1-3-5-16)12-14-6-8-17(9-7-14)23-11-10-21/h1-9,12,21H,10-11H2,(H,20,22). The molecular formula is C18H16N2O3. The average Bonchev–Trinajstić information content (AvgIpc) is 2.59. The average molecular weight is 308 g/mol. The van der Waals surface area contributed by atoms with Gasteiger partial charge < -0.3 is 15.2 Å². The number of carbonyl (C=O) groups is 1. The van der Waals surface area contributed by atoms with Crippen LogP contribution in [0.1, 0.15) is 5.56 Å². The Morgan fingerprint density at radius 3 is 2.48 bits per heavy atom. The molecule has 0 saturated heterocycles. The summed E-state index contributed by atoms with van der Waals surface area (Å²) in [4.78, 5) is 12.1. The second-order valence-corrected chi connectivity index (χ2v) is 4.63. The molecule has 2 aromatic rings. The van der Waals surface area contributed by atoms with Gasteiger partial charge in [-0.25, -0.2) is 0 Å². The van der Waals surface area contributed by atoms with Crippen molar-refractivity contribution >= 4 is 17.7 Å². The number of nitrogens with zero attached hydrogens (tertiary/aromatic N) is 1. The summed E-state index contributed by atoms with van der Waals surface area (Å²) in [5.41, 5.74) is 1.35. The Labute approximate surface area is 134 Å². The minimum absolute atomic E-state index is 0.0119. The summed E-state index contributed by atoms with van der Waals surface area (Å²) in [6, 6.07) is 17.8. The van der Waals surface area contributed by atoms with E-state index in [-0.39, 0.29) is 18.8 Å². The number of hydrogen-bond donors (Lipinski definition) is 2. The lowest BCUT2D eigenvalue weighted by atomic mass is 10.1. The highest BCUT2D eigenvalue weighted by molar-refractivity contribution is 6.09. The highest BCUT2D eigenvalue weighted by Crippen LogP contribution is 2.15. The van der Waals surface area contributed by atoms with Crippen molar-refractivity contribution in [3.63, 3.8) is 0 Å². The lowest BCUT2D eigenvalue weighted by Crippen LogP contribution is -2.13. The fraction of sp³-hybridized carbons (Fsp3) is 0.111. The number of anilines is 1.